The van der Waals surface area contributed by atoms with Crippen LogP contribution in [-0.2, 0) is 10.2 Å². The van der Waals surface area contributed by atoms with Crippen molar-refractivity contribution in [1.29, 1.82) is 0 Å². The summed E-state index contributed by atoms with van der Waals surface area (Å²) in [6, 6.07) is 0.930. The molecule has 1 saturated heterocycles. The number of fused-ring (bicyclic) bond motifs is 1. The van der Waals surface area contributed by atoms with Gasteiger partial charge in [0.2, 0.25) is 5.91 Å². The first-order valence-corrected chi connectivity index (χ1v) is 11.3. The second-order valence-corrected chi connectivity index (χ2v) is 10.2. The molecular weight excluding hydrogens is 386 g/mol. The second kappa shape index (κ2) is 8.31. The Morgan fingerprint density at radius 1 is 1.33 bits per heavy atom. The van der Waals surface area contributed by atoms with E-state index in [2.05, 4.69) is 22.6 Å². The van der Waals surface area contributed by atoms with Crippen LogP contribution in [-0.4, -0.2) is 46.1 Å². The van der Waals surface area contributed by atoms with Crippen LogP contribution >= 0.6 is 0 Å². The zero-order valence-corrected chi connectivity index (χ0v) is 18.3. The zero-order valence-electron chi connectivity index (χ0n) is 18.3. The first-order valence-electron chi connectivity index (χ1n) is 11.3. The predicted molar refractivity (Wildman–Crippen MR) is 114 cm³/mol. The number of aromatic nitrogens is 2. The molecule has 1 amide bonds. The van der Waals surface area contributed by atoms with E-state index in [1.165, 1.54) is 4.68 Å². The van der Waals surface area contributed by atoms with Crippen molar-refractivity contribution in [3.8, 4) is 0 Å². The minimum absolute atomic E-state index is 0.0667. The normalized spacial score (nSPS) is 29.2. The third kappa shape index (κ3) is 4.40. The molecule has 4 atom stereocenters. The molecule has 1 fully saturated rings. The first kappa shape index (κ1) is 21.3. The molecule has 2 aliphatic heterocycles. The number of carbonyl (C=O) groups excluding carboxylic acids is 1. The van der Waals surface area contributed by atoms with Gasteiger partial charge in [-0.3, -0.25) is 4.79 Å². The van der Waals surface area contributed by atoms with Crippen molar-refractivity contribution < 1.29 is 13.6 Å². The Morgan fingerprint density at radius 2 is 2.13 bits per heavy atom. The minimum Gasteiger partial charge on any atom is -0.367 e. The molecule has 0 saturated carbocycles. The number of piperidine rings is 1. The lowest BCUT2D eigenvalue weighted by Gasteiger charge is -2.41. The number of nitrogens with zero attached hydrogens (tertiary/aromatic N) is 3. The quantitative estimate of drug-likeness (QED) is 0.714. The lowest BCUT2D eigenvalue weighted by Crippen LogP contribution is -2.48. The van der Waals surface area contributed by atoms with E-state index in [4.69, 9.17) is 0 Å². The van der Waals surface area contributed by atoms with Crippen LogP contribution < -0.4 is 5.32 Å². The number of carbonyl (C=O) groups is 1. The van der Waals surface area contributed by atoms with Gasteiger partial charge in [-0.2, -0.15) is 5.10 Å². The van der Waals surface area contributed by atoms with Crippen molar-refractivity contribution in [2.75, 3.05) is 18.4 Å². The van der Waals surface area contributed by atoms with Gasteiger partial charge in [-0.1, -0.05) is 32.9 Å². The highest BCUT2D eigenvalue weighted by Crippen LogP contribution is 2.38. The van der Waals surface area contributed by atoms with Crippen molar-refractivity contribution in [2.24, 2.45) is 11.8 Å². The van der Waals surface area contributed by atoms with Gasteiger partial charge in [0.1, 0.15) is 11.9 Å². The predicted octanol–water partition coefficient (Wildman–Crippen LogP) is 4.77. The van der Waals surface area contributed by atoms with Gasteiger partial charge >= 0.3 is 0 Å². The summed E-state index contributed by atoms with van der Waals surface area (Å²) in [6.45, 7) is 7.56. The van der Waals surface area contributed by atoms with Crippen LogP contribution in [0.15, 0.2) is 18.2 Å². The van der Waals surface area contributed by atoms with Gasteiger partial charge in [0.15, 0.2) is 0 Å². The summed E-state index contributed by atoms with van der Waals surface area (Å²) >= 11 is 0. The third-order valence-electron chi connectivity index (χ3n) is 6.87. The van der Waals surface area contributed by atoms with Crippen molar-refractivity contribution in [3.63, 3.8) is 0 Å². The Kier molecular flexibility index (Phi) is 5.90. The standard InChI is InChI=1S/C23H34F2N4O/c1-23(2,3)19-13-20-26-17(12-18(22(24)25)29(20)27-19)16-9-6-10-28(14-16)21(30)11-15-7-4-5-8-15/h4,7,13,15-18,22,26H,5-6,8-12,14H2,1-3H3/t15-,16-,17+,18-/m1/s1. The number of amides is 1. The average Bonchev–Trinajstić information content (AvgIpc) is 3.36. The van der Waals surface area contributed by atoms with E-state index in [1.54, 1.807) is 0 Å². The molecule has 0 bridgehead atoms. The summed E-state index contributed by atoms with van der Waals surface area (Å²) in [5.74, 6) is 1.43. The van der Waals surface area contributed by atoms with Gasteiger partial charge in [0, 0.05) is 37.0 Å². The summed E-state index contributed by atoms with van der Waals surface area (Å²) in [4.78, 5) is 14.8. The highest BCUT2D eigenvalue weighted by molar-refractivity contribution is 5.76. The van der Waals surface area contributed by atoms with Gasteiger partial charge in [0.05, 0.1) is 5.69 Å². The summed E-state index contributed by atoms with van der Waals surface area (Å²) in [5.41, 5.74) is 0.623. The number of allylic oxidation sites excluding steroid dienone is 2. The minimum atomic E-state index is -2.46. The fraction of sp³-hybridized carbons (Fsp3) is 0.739. The molecule has 7 heteroatoms. The van der Waals surface area contributed by atoms with E-state index >= 15 is 0 Å². The molecule has 4 rings (SSSR count). The largest absolute Gasteiger partial charge is 0.367 e. The number of alkyl halides is 2. The Labute approximate surface area is 177 Å². The molecule has 3 aliphatic rings. The van der Waals surface area contributed by atoms with E-state index < -0.39 is 12.5 Å². The van der Waals surface area contributed by atoms with Crippen molar-refractivity contribution >= 4 is 11.7 Å². The Bertz CT molecular complexity index is 798. The molecule has 3 heterocycles. The fourth-order valence-electron chi connectivity index (χ4n) is 5.03. The van der Waals surface area contributed by atoms with E-state index in [-0.39, 0.29) is 23.3 Å². The monoisotopic (exact) mass is 420 g/mol. The molecule has 166 valence electrons. The van der Waals surface area contributed by atoms with Crippen LogP contribution in [0.4, 0.5) is 14.6 Å². The van der Waals surface area contributed by atoms with E-state index in [1.807, 2.05) is 31.7 Å². The Balaban J connectivity index is 1.47. The molecule has 0 aromatic carbocycles. The van der Waals surface area contributed by atoms with Gasteiger partial charge in [-0.25, -0.2) is 13.5 Å². The fourth-order valence-corrected chi connectivity index (χ4v) is 5.03. The molecule has 0 unspecified atom stereocenters. The smallest absolute Gasteiger partial charge is 0.260 e. The molecule has 5 nitrogen and oxygen atoms in total. The Morgan fingerprint density at radius 3 is 2.80 bits per heavy atom. The number of hydrogen-bond acceptors (Lipinski definition) is 3. The van der Waals surface area contributed by atoms with Crippen LogP contribution in [0.1, 0.15) is 71.0 Å². The number of halogens is 2. The maximum Gasteiger partial charge on any atom is 0.260 e. The van der Waals surface area contributed by atoms with Crippen molar-refractivity contribution in [3.05, 3.63) is 23.9 Å². The number of nitrogens with one attached hydrogen (secondary N) is 1. The molecule has 1 aromatic rings. The topological polar surface area (TPSA) is 50.2 Å². The molecule has 1 aromatic heterocycles. The molecule has 0 spiro atoms. The Hall–Kier alpha value is -1.92. The highest BCUT2D eigenvalue weighted by atomic mass is 19.3. The third-order valence-corrected chi connectivity index (χ3v) is 6.87. The summed E-state index contributed by atoms with van der Waals surface area (Å²) < 4.78 is 29.3. The van der Waals surface area contributed by atoms with Crippen LogP contribution in [0.5, 0.6) is 0 Å². The van der Waals surface area contributed by atoms with Crippen molar-refractivity contribution in [2.45, 2.75) is 83.2 Å². The number of anilines is 1. The second-order valence-electron chi connectivity index (χ2n) is 10.2. The van der Waals surface area contributed by atoms with Gasteiger partial charge < -0.3 is 10.2 Å². The number of likely N-dealkylation sites (tertiary alicyclic amines) is 1. The van der Waals surface area contributed by atoms with Crippen LogP contribution in [0.25, 0.3) is 0 Å². The SMILES string of the molecule is CC(C)(C)c1cc2n(n1)[C@@H](C(F)F)C[C@@H]([C@@H]1CCCN(C(=O)C[C@@H]3C=CCC3)C1)N2. The van der Waals surface area contributed by atoms with Crippen LogP contribution in [0.3, 0.4) is 0 Å². The molecule has 1 N–H and O–H groups in total. The zero-order chi connectivity index (χ0) is 21.5. The molecule has 1 aliphatic carbocycles. The van der Waals surface area contributed by atoms with E-state index in [9.17, 15) is 13.6 Å². The van der Waals surface area contributed by atoms with Crippen LogP contribution in [0.2, 0.25) is 0 Å². The molecular formula is C23H34F2N4O. The maximum absolute atomic E-state index is 13.9. The number of hydrogen-bond donors (Lipinski definition) is 1. The maximum atomic E-state index is 13.9. The van der Waals surface area contributed by atoms with Gasteiger partial charge in [-0.15, -0.1) is 0 Å². The van der Waals surface area contributed by atoms with E-state index in [0.29, 0.717) is 31.1 Å². The average molecular weight is 421 g/mol. The summed E-state index contributed by atoms with van der Waals surface area (Å²) in [5, 5.41) is 8.00. The van der Waals surface area contributed by atoms with Gasteiger partial charge in [-0.05, 0) is 43.9 Å². The molecule has 0 radical (unpaired) electrons. The lowest BCUT2D eigenvalue weighted by atomic mass is 9.85. The van der Waals surface area contributed by atoms with Crippen molar-refractivity contribution in [1.82, 2.24) is 14.7 Å². The highest BCUT2D eigenvalue weighted by Gasteiger charge is 2.39. The first-order chi connectivity index (χ1) is 14.2. The lowest BCUT2D eigenvalue weighted by molar-refractivity contribution is -0.133. The van der Waals surface area contributed by atoms with Gasteiger partial charge in [0.25, 0.3) is 6.43 Å². The number of rotatable bonds is 4. The summed E-state index contributed by atoms with van der Waals surface area (Å²) in [7, 11) is 0. The van der Waals surface area contributed by atoms with E-state index in [0.717, 1.165) is 37.9 Å². The molecule has 30 heavy (non-hydrogen) atoms. The van der Waals surface area contributed by atoms with Crippen LogP contribution in [0, 0.1) is 11.8 Å². The summed E-state index contributed by atoms with van der Waals surface area (Å²) in [6.07, 6.45) is 6.77.